The maximum Gasteiger partial charge on any atom is 0.186 e. The first kappa shape index (κ1) is 14.9. The van der Waals surface area contributed by atoms with E-state index < -0.39 is 13.9 Å². The minimum absolute atomic E-state index is 0.507. The third kappa shape index (κ3) is 3.95. The van der Waals surface area contributed by atoms with Crippen LogP contribution in [-0.2, 0) is 14.8 Å². The van der Waals surface area contributed by atoms with Gasteiger partial charge in [-0.15, -0.1) is 0 Å². The van der Waals surface area contributed by atoms with Crippen molar-refractivity contribution in [1.82, 2.24) is 0 Å². The standard InChI is InChI=1S/C14H21NO2Si/c1-16-11-10-14(12-15,17-18(2,3)4)13-8-6-5-7-9-13/h5-9H,10-11H2,1-4H3/t14-/m0/s1. The van der Waals surface area contributed by atoms with Crippen LogP contribution in [0.1, 0.15) is 12.0 Å². The zero-order valence-electron chi connectivity index (χ0n) is 11.6. The van der Waals surface area contributed by atoms with Crippen molar-refractivity contribution >= 4 is 8.32 Å². The molecule has 0 N–H and O–H groups in total. The maximum atomic E-state index is 9.61. The summed E-state index contributed by atoms with van der Waals surface area (Å²) in [5, 5.41) is 9.61. The summed E-state index contributed by atoms with van der Waals surface area (Å²) in [6, 6.07) is 12.0. The Bertz CT molecular complexity index is 408. The van der Waals surface area contributed by atoms with Crippen molar-refractivity contribution in [2.75, 3.05) is 13.7 Å². The number of rotatable bonds is 6. The van der Waals surface area contributed by atoms with Gasteiger partial charge >= 0.3 is 0 Å². The van der Waals surface area contributed by atoms with Crippen molar-refractivity contribution in [3.63, 3.8) is 0 Å². The van der Waals surface area contributed by atoms with Gasteiger partial charge < -0.3 is 9.16 Å². The second kappa shape index (κ2) is 6.14. The Labute approximate surface area is 110 Å². The highest BCUT2D eigenvalue weighted by Crippen LogP contribution is 2.32. The zero-order valence-corrected chi connectivity index (χ0v) is 12.6. The van der Waals surface area contributed by atoms with E-state index in [1.54, 1.807) is 7.11 Å². The van der Waals surface area contributed by atoms with Crippen molar-refractivity contribution in [1.29, 1.82) is 5.26 Å². The molecule has 0 radical (unpaired) electrons. The minimum Gasteiger partial charge on any atom is -0.396 e. The van der Waals surface area contributed by atoms with E-state index in [4.69, 9.17) is 9.16 Å². The van der Waals surface area contributed by atoms with Gasteiger partial charge in [-0.2, -0.15) is 5.26 Å². The van der Waals surface area contributed by atoms with Crippen LogP contribution < -0.4 is 0 Å². The van der Waals surface area contributed by atoms with Gasteiger partial charge in [-0.05, 0) is 25.2 Å². The van der Waals surface area contributed by atoms with Gasteiger partial charge in [0.2, 0.25) is 0 Å². The highest BCUT2D eigenvalue weighted by molar-refractivity contribution is 6.69. The average Bonchev–Trinajstić information content (AvgIpc) is 2.34. The lowest BCUT2D eigenvalue weighted by Gasteiger charge is -2.34. The average molecular weight is 263 g/mol. The number of hydrogen-bond acceptors (Lipinski definition) is 3. The number of nitriles is 1. The van der Waals surface area contributed by atoms with Crippen molar-refractivity contribution in [2.45, 2.75) is 31.7 Å². The Hall–Kier alpha value is -1.15. The first-order valence-electron chi connectivity index (χ1n) is 6.09. The highest BCUT2D eigenvalue weighted by atomic mass is 28.4. The molecule has 0 aliphatic heterocycles. The van der Waals surface area contributed by atoms with Gasteiger partial charge in [0, 0.05) is 13.5 Å². The van der Waals surface area contributed by atoms with Gasteiger partial charge in [0.15, 0.2) is 13.9 Å². The molecule has 1 atom stereocenters. The van der Waals surface area contributed by atoms with E-state index in [2.05, 4.69) is 25.7 Å². The molecule has 0 aliphatic rings. The summed E-state index contributed by atoms with van der Waals surface area (Å²) in [4.78, 5) is 0. The second-order valence-corrected chi connectivity index (χ2v) is 9.69. The fourth-order valence-electron chi connectivity index (χ4n) is 1.87. The van der Waals surface area contributed by atoms with Gasteiger partial charge in [-0.3, -0.25) is 0 Å². The van der Waals surface area contributed by atoms with Crippen molar-refractivity contribution < 1.29 is 9.16 Å². The van der Waals surface area contributed by atoms with Crippen molar-refractivity contribution in [3.8, 4) is 6.07 Å². The van der Waals surface area contributed by atoms with Crippen LogP contribution in [0.25, 0.3) is 0 Å². The fourth-order valence-corrected chi connectivity index (χ4v) is 3.18. The normalized spacial score (nSPS) is 14.8. The highest BCUT2D eigenvalue weighted by Gasteiger charge is 2.37. The molecule has 3 nitrogen and oxygen atoms in total. The third-order valence-corrected chi connectivity index (χ3v) is 3.52. The van der Waals surface area contributed by atoms with Crippen molar-refractivity contribution in [3.05, 3.63) is 35.9 Å². The van der Waals surface area contributed by atoms with Crippen LogP contribution in [0.5, 0.6) is 0 Å². The van der Waals surface area contributed by atoms with Crippen molar-refractivity contribution in [2.24, 2.45) is 0 Å². The van der Waals surface area contributed by atoms with E-state index >= 15 is 0 Å². The van der Waals surface area contributed by atoms with Gasteiger partial charge in [0.1, 0.15) is 6.07 Å². The summed E-state index contributed by atoms with van der Waals surface area (Å²) in [7, 11) is -0.184. The maximum absolute atomic E-state index is 9.61. The molecule has 0 bridgehead atoms. The van der Waals surface area contributed by atoms with E-state index in [1.807, 2.05) is 30.3 Å². The lowest BCUT2D eigenvalue weighted by atomic mass is 9.92. The van der Waals surface area contributed by atoms with E-state index in [9.17, 15) is 5.26 Å². The molecular formula is C14H21NO2Si. The molecule has 0 heterocycles. The molecule has 4 heteroatoms. The van der Waals surface area contributed by atoms with Crippen LogP contribution in [-0.4, -0.2) is 22.0 Å². The number of ether oxygens (including phenoxy) is 1. The molecular weight excluding hydrogens is 242 g/mol. The summed E-state index contributed by atoms with van der Waals surface area (Å²) >= 11 is 0. The van der Waals surface area contributed by atoms with Gasteiger partial charge in [0.25, 0.3) is 0 Å². The lowest BCUT2D eigenvalue weighted by molar-refractivity contribution is 0.0692. The van der Waals surface area contributed by atoms with Gasteiger partial charge in [-0.1, -0.05) is 30.3 Å². The smallest absolute Gasteiger partial charge is 0.186 e. The van der Waals surface area contributed by atoms with E-state index in [1.165, 1.54) is 0 Å². The predicted octanol–water partition coefficient (Wildman–Crippen LogP) is 3.29. The van der Waals surface area contributed by atoms with Gasteiger partial charge in [0.05, 0.1) is 6.61 Å². The van der Waals surface area contributed by atoms with Crippen LogP contribution in [0.15, 0.2) is 30.3 Å². The SMILES string of the molecule is COCC[C@@](C#N)(O[Si](C)(C)C)c1ccccc1. The van der Waals surface area contributed by atoms with Crippen LogP contribution in [0.3, 0.4) is 0 Å². The Morgan fingerprint density at radius 3 is 2.28 bits per heavy atom. The zero-order chi connectivity index (χ0) is 13.6. The second-order valence-electron chi connectivity index (χ2n) is 5.26. The summed E-state index contributed by atoms with van der Waals surface area (Å²) in [6.07, 6.45) is 0.550. The molecule has 98 valence electrons. The molecule has 18 heavy (non-hydrogen) atoms. The Kier molecular flexibility index (Phi) is 5.09. The molecule has 0 saturated heterocycles. The fraction of sp³-hybridized carbons (Fsp3) is 0.500. The van der Waals surface area contributed by atoms with Crippen LogP contribution in [0, 0.1) is 11.3 Å². The molecule has 1 aromatic rings. The first-order valence-corrected chi connectivity index (χ1v) is 9.50. The number of benzene rings is 1. The quantitative estimate of drug-likeness (QED) is 0.740. The van der Waals surface area contributed by atoms with Crippen LogP contribution in [0.2, 0.25) is 19.6 Å². The minimum atomic E-state index is -1.82. The molecule has 0 aliphatic carbocycles. The molecule has 1 rings (SSSR count). The topological polar surface area (TPSA) is 42.2 Å². The molecule has 1 aromatic carbocycles. The van der Waals surface area contributed by atoms with E-state index in [0.29, 0.717) is 13.0 Å². The molecule has 0 spiro atoms. The summed E-state index contributed by atoms with van der Waals surface area (Å²) in [5.74, 6) is 0. The molecule has 0 saturated carbocycles. The van der Waals surface area contributed by atoms with Crippen LogP contribution >= 0.6 is 0 Å². The molecule has 0 unspecified atom stereocenters. The Balaban J connectivity index is 3.11. The summed E-state index contributed by atoms with van der Waals surface area (Å²) < 4.78 is 11.3. The van der Waals surface area contributed by atoms with Gasteiger partial charge in [-0.25, -0.2) is 0 Å². The Morgan fingerprint density at radius 2 is 1.83 bits per heavy atom. The lowest BCUT2D eigenvalue weighted by Crippen LogP contribution is -2.40. The first-order chi connectivity index (χ1) is 8.43. The number of hydrogen-bond donors (Lipinski definition) is 0. The third-order valence-electron chi connectivity index (χ3n) is 2.56. The predicted molar refractivity (Wildman–Crippen MR) is 74.7 cm³/mol. The van der Waals surface area contributed by atoms with Crippen LogP contribution in [0.4, 0.5) is 0 Å². The monoisotopic (exact) mass is 263 g/mol. The molecule has 0 fully saturated rings. The van der Waals surface area contributed by atoms with E-state index in [-0.39, 0.29) is 0 Å². The largest absolute Gasteiger partial charge is 0.396 e. The summed E-state index contributed by atoms with van der Waals surface area (Å²) in [5.41, 5.74) is 0.0221. The van der Waals surface area contributed by atoms with E-state index in [0.717, 1.165) is 5.56 Å². The Morgan fingerprint density at radius 1 is 1.22 bits per heavy atom. The number of methoxy groups -OCH3 is 1. The molecule has 0 aromatic heterocycles. The number of nitrogens with zero attached hydrogens (tertiary/aromatic N) is 1. The summed E-state index contributed by atoms with van der Waals surface area (Å²) in [6.45, 7) is 6.78. The molecule has 0 amide bonds.